The summed E-state index contributed by atoms with van der Waals surface area (Å²) in [5, 5.41) is 10.8. The lowest BCUT2D eigenvalue weighted by Crippen LogP contribution is -2.39. The fourth-order valence-corrected chi connectivity index (χ4v) is 5.88. The third kappa shape index (κ3) is 16.5. The smallest absolute Gasteiger partial charge is 0.307 e. The van der Waals surface area contributed by atoms with E-state index in [0.29, 0.717) is 85.4 Å². The van der Waals surface area contributed by atoms with Crippen molar-refractivity contribution in [2.45, 2.75) is 38.6 Å². The second-order valence-corrected chi connectivity index (χ2v) is 13.1. The van der Waals surface area contributed by atoms with Gasteiger partial charge in [-0.15, -0.1) is 0 Å². The minimum absolute atomic E-state index is 0.0640. The maximum Gasteiger partial charge on any atom is 0.307 e. The standard InChI is InChI=1S/C43H57N5O9/c1-32-8-7-11-40(47-32)45-20-6-5-12-41(49)46-31-42(50)48-38(30-43(51)52-2)34-15-13-33(14-16-34)35-17-18-39(37-10-4-3-9-36(35)37)57-29-28-56-27-26-55-25-24-54-23-22-53-21-19-44/h3-4,7-11,13-18,38H,5-6,12,19-31,44H2,1-2H3,(H,45,47)(H,46,49)(H,48,50). The Morgan fingerprint density at radius 2 is 1.39 bits per heavy atom. The van der Waals surface area contributed by atoms with Crippen LogP contribution in [0.4, 0.5) is 5.82 Å². The van der Waals surface area contributed by atoms with Crippen LogP contribution >= 0.6 is 0 Å². The summed E-state index contributed by atoms with van der Waals surface area (Å²) in [5.41, 5.74) is 9.00. The number of amides is 2. The number of nitrogens with two attached hydrogens (primary N) is 1. The second-order valence-electron chi connectivity index (χ2n) is 13.1. The molecular weight excluding hydrogens is 730 g/mol. The number of unbranched alkanes of at least 4 members (excludes halogenated alkanes) is 1. The molecule has 308 valence electrons. The lowest BCUT2D eigenvalue weighted by molar-refractivity contribution is -0.141. The Morgan fingerprint density at radius 3 is 2.05 bits per heavy atom. The summed E-state index contributed by atoms with van der Waals surface area (Å²) < 4.78 is 32.9. The molecule has 1 heterocycles. The highest BCUT2D eigenvalue weighted by Crippen LogP contribution is 2.35. The molecule has 0 aliphatic heterocycles. The van der Waals surface area contributed by atoms with Gasteiger partial charge >= 0.3 is 5.97 Å². The first-order valence-corrected chi connectivity index (χ1v) is 19.4. The molecular formula is C43H57N5O9. The van der Waals surface area contributed by atoms with Crippen molar-refractivity contribution >= 4 is 34.4 Å². The lowest BCUT2D eigenvalue weighted by Gasteiger charge is -2.19. The molecule has 1 aromatic heterocycles. The molecule has 4 aromatic rings. The average molecular weight is 788 g/mol. The molecule has 0 saturated heterocycles. The van der Waals surface area contributed by atoms with Crippen LogP contribution in [0.1, 0.15) is 43.0 Å². The number of carbonyl (C=O) groups excluding carboxylic acids is 3. The fraction of sp³-hybridized carbons (Fsp3) is 0.442. The highest BCUT2D eigenvalue weighted by Gasteiger charge is 2.20. The number of pyridine rings is 1. The first-order valence-electron chi connectivity index (χ1n) is 19.4. The number of hydrogen-bond donors (Lipinski definition) is 4. The highest BCUT2D eigenvalue weighted by atomic mass is 16.6. The van der Waals surface area contributed by atoms with Gasteiger partial charge in [0.1, 0.15) is 18.2 Å². The van der Waals surface area contributed by atoms with E-state index in [0.717, 1.165) is 51.1 Å². The van der Waals surface area contributed by atoms with Crippen molar-refractivity contribution in [3.63, 3.8) is 0 Å². The molecule has 1 unspecified atom stereocenters. The summed E-state index contributed by atoms with van der Waals surface area (Å²) in [5.74, 6) is 0.461. The zero-order valence-electron chi connectivity index (χ0n) is 33.1. The Labute approximate surface area is 335 Å². The van der Waals surface area contributed by atoms with Gasteiger partial charge in [-0.05, 0) is 60.0 Å². The quantitative estimate of drug-likeness (QED) is 0.0460. The van der Waals surface area contributed by atoms with Gasteiger partial charge in [-0.1, -0.05) is 60.7 Å². The molecule has 3 aromatic carbocycles. The summed E-state index contributed by atoms with van der Waals surface area (Å²) in [6.07, 6.45) is 1.66. The third-order valence-corrected chi connectivity index (χ3v) is 8.78. The van der Waals surface area contributed by atoms with E-state index in [4.69, 9.17) is 34.2 Å². The zero-order chi connectivity index (χ0) is 40.5. The van der Waals surface area contributed by atoms with Crippen LogP contribution in [-0.2, 0) is 38.1 Å². The largest absolute Gasteiger partial charge is 0.491 e. The Hall–Kier alpha value is -5.12. The number of rotatable bonds is 28. The fourth-order valence-electron chi connectivity index (χ4n) is 5.88. The molecule has 5 N–H and O–H groups in total. The van der Waals surface area contributed by atoms with E-state index in [2.05, 4.69) is 20.9 Å². The molecule has 14 heteroatoms. The van der Waals surface area contributed by atoms with Crippen LogP contribution in [0.15, 0.2) is 78.9 Å². The minimum Gasteiger partial charge on any atom is -0.491 e. The van der Waals surface area contributed by atoms with Gasteiger partial charge in [-0.2, -0.15) is 0 Å². The van der Waals surface area contributed by atoms with Crippen LogP contribution in [0, 0.1) is 6.92 Å². The van der Waals surface area contributed by atoms with Crippen LogP contribution in [0.2, 0.25) is 0 Å². The summed E-state index contributed by atoms with van der Waals surface area (Å²) in [7, 11) is 1.31. The summed E-state index contributed by atoms with van der Waals surface area (Å²) in [6, 6.07) is 24.8. The topological polar surface area (TPSA) is 182 Å². The van der Waals surface area contributed by atoms with Gasteiger partial charge in [0.05, 0.1) is 79.0 Å². The van der Waals surface area contributed by atoms with Crippen molar-refractivity contribution in [3.05, 3.63) is 90.1 Å². The maximum absolute atomic E-state index is 12.9. The molecule has 0 spiro atoms. The predicted octanol–water partition coefficient (Wildman–Crippen LogP) is 4.73. The number of nitrogens with one attached hydrogen (secondary N) is 3. The molecule has 0 bridgehead atoms. The number of benzene rings is 3. The summed E-state index contributed by atoms with van der Waals surface area (Å²) in [4.78, 5) is 42.1. The first-order chi connectivity index (χ1) is 27.9. The van der Waals surface area contributed by atoms with Crippen LogP contribution in [-0.4, -0.2) is 109 Å². The SMILES string of the molecule is COC(=O)CC(NC(=O)CNC(=O)CCCCNc1cccc(C)n1)c1ccc(-c2ccc(OCCOCCOCCOCCOCCN)c3ccccc23)cc1. The number of ether oxygens (including phenoxy) is 6. The Bertz CT molecular complexity index is 1810. The number of methoxy groups -OCH3 is 1. The number of aromatic nitrogens is 1. The van der Waals surface area contributed by atoms with Crippen LogP contribution in [0.3, 0.4) is 0 Å². The molecule has 4 rings (SSSR count). The van der Waals surface area contributed by atoms with Crippen molar-refractivity contribution in [1.29, 1.82) is 0 Å². The van der Waals surface area contributed by atoms with Gasteiger partial charge in [0.15, 0.2) is 0 Å². The van der Waals surface area contributed by atoms with E-state index < -0.39 is 17.9 Å². The monoisotopic (exact) mass is 787 g/mol. The van der Waals surface area contributed by atoms with Crippen molar-refractivity contribution in [2.75, 3.05) is 91.5 Å². The number of hydrogen-bond acceptors (Lipinski definition) is 12. The third-order valence-electron chi connectivity index (χ3n) is 8.78. The van der Waals surface area contributed by atoms with E-state index in [1.54, 1.807) is 0 Å². The van der Waals surface area contributed by atoms with E-state index in [-0.39, 0.29) is 18.9 Å². The van der Waals surface area contributed by atoms with Crippen molar-refractivity contribution in [2.24, 2.45) is 5.73 Å². The first kappa shape index (κ1) is 44.6. The van der Waals surface area contributed by atoms with Gasteiger partial charge in [-0.25, -0.2) is 4.98 Å². The van der Waals surface area contributed by atoms with Crippen LogP contribution in [0.25, 0.3) is 21.9 Å². The van der Waals surface area contributed by atoms with E-state index >= 15 is 0 Å². The van der Waals surface area contributed by atoms with Crippen molar-refractivity contribution in [3.8, 4) is 16.9 Å². The molecule has 14 nitrogen and oxygen atoms in total. The Morgan fingerprint density at radius 1 is 0.719 bits per heavy atom. The van der Waals surface area contributed by atoms with Crippen LogP contribution in [0.5, 0.6) is 5.75 Å². The van der Waals surface area contributed by atoms with Gasteiger partial charge < -0.3 is 50.1 Å². The summed E-state index contributed by atoms with van der Waals surface area (Å²) in [6.45, 7) is 7.17. The van der Waals surface area contributed by atoms with Crippen molar-refractivity contribution < 1.29 is 42.8 Å². The van der Waals surface area contributed by atoms with Crippen LogP contribution < -0.4 is 26.4 Å². The summed E-state index contributed by atoms with van der Waals surface area (Å²) >= 11 is 0. The number of esters is 1. The average Bonchev–Trinajstić information content (AvgIpc) is 3.22. The number of nitrogens with zero attached hydrogens (tertiary/aromatic N) is 1. The van der Waals surface area contributed by atoms with E-state index in [1.807, 2.05) is 85.8 Å². The van der Waals surface area contributed by atoms with Gasteiger partial charge in [0.2, 0.25) is 11.8 Å². The lowest BCUT2D eigenvalue weighted by atomic mass is 9.95. The van der Waals surface area contributed by atoms with Gasteiger partial charge in [0, 0.05) is 30.6 Å². The highest BCUT2D eigenvalue weighted by molar-refractivity contribution is 6.00. The Balaban J connectivity index is 1.22. The minimum atomic E-state index is -0.648. The zero-order valence-corrected chi connectivity index (χ0v) is 33.1. The van der Waals surface area contributed by atoms with E-state index in [9.17, 15) is 14.4 Å². The molecule has 57 heavy (non-hydrogen) atoms. The molecule has 0 aliphatic carbocycles. The van der Waals surface area contributed by atoms with Gasteiger partial charge in [-0.3, -0.25) is 14.4 Å². The Kier molecular flexibility index (Phi) is 20.3. The molecule has 2 amide bonds. The normalized spacial score (nSPS) is 11.6. The number of fused-ring (bicyclic) bond motifs is 1. The molecule has 0 aliphatic rings. The second kappa shape index (κ2) is 25.9. The number of aryl methyl sites for hydroxylation is 1. The molecule has 0 saturated carbocycles. The van der Waals surface area contributed by atoms with Crippen molar-refractivity contribution in [1.82, 2.24) is 15.6 Å². The maximum atomic E-state index is 12.9. The van der Waals surface area contributed by atoms with Gasteiger partial charge in [0.25, 0.3) is 0 Å². The molecule has 1 atom stereocenters. The number of anilines is 1. The molecule has 0 radical (unpaired) electrons. The van der Waals surface area contributed by atoms with E-state index in [1.165, 1.54) is 7.11 Å². The number of carbonyl (C=O) groups is 3. The molecule has 0 fully saturated rings. The predicted molar refractivity (Wildman–Crippen MR) is 219 cm³/mol.